The molecule has 0 aliphatic heterocycles. The van der Waals surface area contributed by atoms with E-state index in [4.69, 9.17) is 27.9 Å². The fraction of sp³-hybridized carbons (Fsp3) is 0.0833. The summed E-state index contributed by atoms with van der Waals surface area (Å²) < 4.78 is 19.0. The Labute approximate surface area is 128 Å². The highest BCUT2D eigenvalue weighted by Crippen LogP contribution is 2.34. The lowest BCUT2D eigenvalue weighted by Gasteiger charge is -2.10. The van der Waals surface area contributed by atoms with E-state index in [0.29, 0.717) is 5.82 Å². The lowest BCUT2D eigenvalue weighted by Crippen LogP contribution is -1.98. The van der Waals surface area contributed by atoms with Crippen LogP contribution < -0.4 is 10.1 Å². The molecule has 0 aliphatic carbocycles. The Balaban J connectivity index is 2.36. The summed E-state index contributed by atoms with van der Waals surface area (Å²) in [5.74, 6) is -0.904. The maximum absolute atomic E-state index is 13.7. The number of hydrogen-bond acceptors (Lipinski definition) is 5. The second-order valence-corrected chi connectivity index (χ2v) is 4.64. The first kappa shape index (κ1) is 15.3. The molecule has 0 aliphatic rings. The molecule has 0 fully saturated rings. The molecule has 1 aromatic carbocycles. The maximum Gasteiger partial charge on any atom is 0.272 e. The van der Waals surface area contributed by atoms with Gasteiger partial charge in [-0.25, -0.2) is 4.39 Å². The van der Waals surface area contributed by atoms with Gasteiger partial charge in [-0.2, -0.15) is 4.98 Å². The molecular weight excluding hydrogens is 324 g/mol. The van der Waals surface area contributed by atoms with Gasteiger partial charge in [0.05, 0.1) is 16.0 Å². The van der Waals surface area contributed by atoms with Crippen molar-refractivity contribution in [2.45, 2.75) is 0 Å². The fourth-order valence-corrected chi connectivity index (χ4v) is 1.98. The monoisotopic (exact) mass is 331 g/mol. The summed E-state index contributed by atoms with van der Waals surface area (Å²) in [4.78, 5) is 13.8. The molecule has 1 heterocycles. The molecule has 9 heteroatoms. The van der Waals surface area contributed by atoms with Crippen LogP contribution >= 0.6 is 23.2 Å². The molecule has 1 N–H and O–H groups in total. The van der Waals surface area contributed by atoms with Gasteiger partial charge in [-0.05, 0) is 12.1 Å². The lowest BCUT2D eigenvalue weighted by molar-refractivity contribution is -0.385. The Morgan fingerprint density at radius 2 is 2.05 bits per heavy atom. The molecule has 0 saturated carbocycles. The molecule has 0 radical (unpaired) electrons. The molecule has 0 amide bonds. The third-order valence-electron chi connectivity index (χ3n) is 2.47. The van der Waals surface area contributed by atoms with Gasteiger partial charge in [0.25, 0.3) is 5.69 Å². The first-order valence-electron chi connectivity index (χ1n) is 5.58. The number of anilines is 1. The molecule has 0 unspecified atom stereocenters. The minimum absolute atomic E-state index is 0.0711. The molecular formula is C12H8Cl2FN3O3. The number of ether oxygens (including phenoxy) is 1. The van der Waals surface area contributed by atoms with Crippen LogP contribution in [0, 0.1) is 15.9 Å². The van der Waals surface area contributed by atoms with Crippen molar-refractivity contribution in [1.29, 1.82) is 0 Å². The highest BCUT2D eigenvalue weighted by Gasteiger charge is 2.15. The van der Waals surface area contributed by atoms with E-state index >= 15 is 0 Å². The zero-order valence-corrected chi connectivity index (χ0v) is 12.1. The van der Waals surface area contributed by atoms with Crippen LogP contribution in [0.5, 0.6) is 11.6 Å². The van der Waals surface area contributed by atoms with Crippen LogP contribution in [0.4, 0.5) is 15.9 Å². The third-order valence-corrected chi connectivity index (χ3v) is 3.03. The Kier molecular flexibility index (Phi) is 4.44. The van der Waals surface area contributed by atoms with Crippen LogP contribution in [-0.2, 0) is 0 Å². The SMILES string of the molecule is CNc1nc(Oc2ccc([N+](=O)[O-])cc2F)c(Cl)cc1Cl. The van der Waals surface area contributed by atoms with Crippen molar-refractivity contribution >= 4 is 34.7 Å². The minimum Gasteiger partial charge on any atom is -0.434 e. The number of nitro benzene ring substituents is 1. The summed E-state index contributed by atoms with van der Waals surface area (Å²) in [5.41, 5.74) is -0.383. The molecule has 0 bridgehead atoms. The quantitative estimate of drug-likeness (QED) is 0.668. The molecule has 110 valence electrons. The minimum atomic E-state index is -0.900. The summed E-state index contributed by atoms with van der Waals surface area (Å²) in [6, 6.07) is 4.37. The summed E-state index contributed by atoms with van der Waals surface area (Å²) in [6.45, 7) is 0. The van der Waals surface area contributed by atoms with E-state index in [1.165, 1.54) is 6.07 Å². The van der Waals surface area contributed by atoms with Crippen LogP contribution in [-0.4, -0.2) is 17.0 Å². The van der Waals surface area contributed by atoms with E-state index in [1.807, 2.05) is 0 Å². The number of benzene rings is 1. The predicted molar refractivity (Wildman–Crippen MR) is 76.9 cm³/mol. The van der Waals surface area contributed by atoms with E-state index in [0.717, 1.165) is 18.2 Å². The van der Waals surface area contributed by atoms with Gasteiger partial charge in [0.1, 0.15) is 10.8 Å². The van der Waals surface area contributed by atoms with E-state index in [9.17, 15) is 14.5 Å². The van der Waals surface area contributed by atoms with Gasteiger partial charge in [-0.3, -0.25) is 10.1 Å². The van der Waals surface area contributed by atoms with Gasteiger partial charge in [-0.1, -0.05) is 23.2 Å². The molecule has 2 aromatic rings. The van der Waals surface area contributed by atoms with Gasteiger partial charge < -0.3 is 10.1 Å². The van der Waals surface area contributed by atoms with E-state index in [-0.39, 0.29) is 27.4 Å². The number of nitrogens with zero attached hydrogens (tertiary/aromatic N) is 2. The van der Waals surface area contributed by atoms with Gasteiger partial charge in [0.2, 0.25) is 5.88 Å². The van der Waals surface area contributed by atoms with Crippen molar-refractivity contribution < 1.29 is 14.1 Å². The fourth-order valence-electron chi connectivity index (χ4n) is 1.49. The zero-order chi connectivity index (χ0) is 15.6. The van der Waals surface area contributed by atoms with E-state index in [1.54, 1.807) is 7.05 Å². The first-order valence-corrected chi connectivity index (χ1v) is 6.33. The summed E-state index contributed by atoms with van der Waals surface area (Å²) in [5, 5.41) is 13.6. The first-order chi connectivity index (χ1) is 9.92. The van der Waals surface area contributed by atoms with Crippen LogP contribution in [0.1, 0.15) is 0 Å². The van der Waals surface area contributed by atoms with Crippen LogP contribution in [0.25, 0.3) is 0 Å². The highest BCUT2D eigenvalue weighted by molar-refractivity contribution is 6.36. The Hall–Kier alpha value is -2.12. The number of non-ortho nitro benzene ring substituents is 1. The second-order valence-electron chi connectivity index (χ2n) is 3.83. The molecule has 0 atom stereocenters. The lowest BCUT2D eigenvalue weighted by atomic mass is 10.3. The van der Waals surface area contributed by atoms with Crippen molar-refractivity contribution in [2.75, 3.05) is 12.4 Å². The maximum atomic E-state index is 13.7. The number of pyridine rings is 1. The van der Waals surface area contributed by atoms with Crippen LogP contribution in [0.2, 0.25) is 10.0 Å². The van der Waals surface area contributed by atoms with Crippen molar-refractivity contribution in [3.8, 4) is 11.6 Å². The van der Waals surface area contributed by atoms with Crippen molar-refractivity contribution in [1.82, 2.24) is 4.98 Å². The number of hydrogen-bond donors (Lipinski definition) is 1. The molecule has 21 heavy (non-hydrogen) atoms. The van der Waals surface area contributed by atoms with Crippen LogP contribution in [0.3, 0.4) is 0 Å². The largest absolute Gasteiger partial charge is 0.434 e. The number of aromatic nitrogens is 1. The van der Waals surface area contributed by atoms with Crippen molar-refractivity contribution in [3.05, 3.63) is 50.2 Å². The molecule has 0 saturated heterocycles. The normalized spacial score (nSPS) is 10.3. The van der Waals surface area contributed by atoms with Crippen molar-refractivity contribution in [2.24, 2.45) is 0 Å². The highest BCUT2D eigenvalue weighted by atomic mass is 35.5. The molecule has 2 rings (SSSR count). The van der Waals surface area contributed by atoms with Gasteiger partial charge in [-0.15, -0.1) is 0 Å². The number of halogens is 3. The topological polar surface area (TPSA) is 77.3 Å². The second kappa shape index (κ2) is 6.11. The Morgan fingerprint density at radius 3 is 2.62 bits per heavy atom. The Bertz CT molecular complexity index is 712. The Morgan fingerprint density at radius 1 is 1.33 bits per heavy atom. The van der Waals surface area contributed by atoms with Crippen molar-refractivity contribution in [3.63, 3.8) is 0 Å². The van der Waals surface area contributed by atoms with Gasteiger partial charge >= 0.3 is 0 Å². The number of nitro groups is 1. The van der Waals surface area contributed by atoms with Gasteiger partial charge in [0.15, 0.2) is 11.6 Å². The smallest absolute Gasteiger partial charge is 0.272 e. The molecule has 6 nitrogen and oxygen atoms in total. The van der Waals surface area contributed by atoms with Gasteiger partial charge in [0, 0.05) is 13.1 Å². The standard InChI is InChI=1S/C12H8Cl2FN3O3/c1-16-11-7(13)5-8(14)12(17-11)21-10-3-2-6(18(19)20)4-9(10)15/h2-5H,1H3,(H,16,17). The molecule has 0 spiro atoms. The average molecular weight is 332 g/mol. The molecule has 1 aromatic heterocycles. The number of nitrogens with one attached hydrogen (secondary N) is 1. The number of rotatable bonds is 4. The van der Waals surface area contributed by atoms with E-state index in [2.05, 4.69) is 10.3 Å². The summed E-state index contributed by atoms with van der Waals surface area (Å²) in [7, 11) is 1.60. The predicted octanol–water partition coefficient (Wildman–Crippen LogP) is 4.27. The van der Waals surface area contributed by atoms with Crippen LogP contribution in [0.15, 0.2) is 24.3 Å². The van der Waals surface area contributed by atoms with E-state index < -0.39 is 10.7 Å². The third kappa shape index (κ3) is 3.32. The summed E-state index contributed by atoms with van der Waals surface area (Å²) >= 11 is 11.8. The summed E-state index contributed by atoms with van der Waals surface area (Å²) in [6.07, 6.45) is 0. The average Bonchev–Trinajstić information content (AvgIpc) is 2.43. The zero-order valence-electron chi connectivity index (χ0n) is 10.6.